The number of carbonyl (C=O) groups is 1. The quantitative estimate of drug-likeness (QED) is 0.197. The maximum absolute atomic E-state index is 12.3. The molecule has 182 valence electrons. The Morgan fingerprint density at radius 1 is 1.00 bits per heavy atom. The Balaban J connectivity index is 1.31. The van der Waals surface area contributed by atoms with Gasteiger partial charge in [0.25, 0.3) is 0 Å². The van der Waals surface area contributed by atoms with E-state index in [1.807, 2.05) is 0 Å². The highest BCUT2D eigenvalue weighted by molar-refractivity contribution is 6.42. The summed E-state index contributed by atoms with van der Waals surface area (Å²) in [6.45, 7) is -0.398. The van der Waals surface area contributed by atoms with Crippen molar-refractivity contribution < 1.29 is 19.4 Å². The molecule has 0 saturated heterocycles. The average molecular weight is 545 g/mol. The van der Waals surface area contributed by atoms with Gasteiger partial charge in [-0.05, 0) is 48.5 Å². The Morgan fingerprint density at radius 3 is 2.61 bits per heavy atom. The van der Waals surface area contributed by atoms with Gasteiger partial charge in [0.15, 0.2) is 23.8 Å². The molecule has 0 bridgehead atoms. The van der Waals surface area contributed by atoms with Crippen molar-refractivity contribution in [1.29, 1.82) is 0 Å². The van der Waals surface area contributed by atoms with Crippen molar-refractivity contribution in [3.8, 4) is 28.8 Å². The Bertz CT molecular complexity index is 1620. The van der Waals surface area contributed by atoms with E-state index in [4.69, 9.17) is 44.3 Å². The van der Waals surface area contributed by atoms with Gasteiger partial charge < -0.3 is 24.5 Å². The average Bonchev–Trinajstić information content (AvgIpc) is 3.40. The molecular weight excluding hydrogens is 529 g/mol. The van der Waals surface area contributed by atoms with Crippen LogP contribution in [0.15, 0.2) is 58.8 Å². The maximum Gasteiger partial charge on any atom is 0.302 e. The number of aromatic nitrogens is 3. The van der Waals surface area contributed by atoms with Gasteiger partial charge in [-0.25, -0.2) is 4.98 Å². The van der Waals surface area contributed by atoms with Gasteiger partial charge in [-0.15, -0.1) is 10.2 Å². The Kier molecular flexibility index (Phi) is 6.44. The summed E-state index contributed by atoms with van der Waals surface area (Å²) >= 11 is 18.2. The highest BCUT2D eigenvalue weighted by Gasteiger charge is 2.14. The zero-order chi connectivity index (χ0) is 25.4. The third-order valence-electron chi connectivity index (χ3n) is 5.29. The van der Waals surface area contributed by atoms with Crippen molar-refractivity contribution in [3.63, 3.8) is 0 Å². The molecule has 2 aromatic heterocycles. The fourth-order valence-electron chi connectivity index (χ4n) is 3.59. The van der Waals surface area contributed by atoms with Crippen LogP contribution in [0.25, 0.3) is 33.3 Å². The normalized spacial score (nSPS) is 11.6. The lowest BCUT2D eigenvalue weighted by molar-refractivity contribution is -0.120. The molecule has 12 heteroatoms. The number of rotatable bonds is 6. The predicted molar refractivity (Wildman–Crippen MR) is 138 cm³/mol. The van der Waals surface area contributed by atoms with Crippen molar-refractivity contribution >= 4 is 68.3 Å². The number of benzene rings is 3. The summed E-state index contributed by atoms with van der Waals surface area (Å²) < 4.78 is 11.0. The number of azo groups is 1. The van der Waals surface area contributed by atoms with Crippen LogP contribution in [0.5, 0.6) is 17.4 Å². The molecule has 0 spiro atoms. The van der Waals surface area contributed by atoms with Crippen molar-refractivity contribution in [1.82, 2.24) is 15.0 Å². The molecule has 0 aliphatic carbocycles. The van der Waals surface area contributed by atoms with Crippen LogP contribution < -0.4 is 9.47 Å². The molecule has 2 heterocycles. The van der Waals surface area contributed by atoms with Gasteiger partial charge in [-0.1, -0.05) is 34.8 Å². The molecular formula is C24H16Cl3N5O4. The number of H-pyrrole nitrogens is 2. The molecule has 3 N–H and O–H groups in total. The summed E-state index contributed by atoms with van der Waals surface area (Å²) in [6, 6.07) is 13.5. The van der Waals surface area contributed by atoms with Crippen LogP contribution in [0.1, 0.15) is 0 Å². The molecule has 0 unspecified atom stereocenters. The third kappa shape index (κ3) is 4.68. The number of imidazole rings is 1. The minimum Gasteiger partial charge on any atom is -0.493 e. The van der Waals surface area contributed by atoms with E-state index in [0.717, 1.165) is 11.1 Å². The van der Waals surface area contributed by atoms with Crippen LogP contribution in [0, 0.1) is 0 Å². The van der Waals surface area contributed by atoms with Gasteiger partial charge in [0.2, 0.25) is 5.88 Å². The molecule has 0 atom stereocenters. The van der Waals surface area contributed by atoms with E-state index in [-0.39, 0.29) is 11.6 Å². The van der Waals surface area contributed by atoms with Crippen LogP contribution in [0.4, 0.5) is 5.69 Å². The Labute approximate surface area is 218 Å². The third-order valence-corrected chi connectivity index (χ3v) is 6.25. The lowest BCUT2D eigenvalue weighted by atomic mass is 10.2. The van der Waals surface area contributed by atoms with Crippen molar-refractivity contribution in [3.05, 3.63) is 63.6 Å². The number of hydrogen-bond acceptors (Lipinski definition) is 6. The first-order valence-electron chi connectivity index (χ1n) is 10.4. The molecule has 0 aliphatic heterocycles. The number of halogens is 3. The van der Waals surface area contributed by atoms with Gasteiger partial charge in [0.05, 0.1) is 33.7 Å². The van der Waals surface area contributed by atoms with Crippen LogP contribution in [-0.2, 0) is 4.79 Å². The van der Waals surface area contributed by atoms with E-state index in [1.54, 1.807) is 48.5 Å². The molecule has 0 aliphatic rings. The molecule has 36 heavy (non-hydrogen) atoms. The number of aromatic hydroxyl groups is 1. The Hall–Kier alpha value is -3.79. The van der Waals surface area contributed by atoms with Crippen molar-refractivity contribution in [2.45, 2.75) is 0 Å². The molecule has 5 aromatic rings. The van der Waals surface area contributed by atoms with Crippen LogP contribution in [-0.4, -0.2) is 39.7 Å². The van der Waals surface area contributed by atoms with Crippen LogP contribution >= 0.6 is 34.8 Å². The molecule has 3 aromatic carbocycles. The summed E-state index contributed by atoms with van der Waals surface area (Å²) in [6.07, 6.45) is 0. The summed E-state index contributed by atoms with van der Waals surface area (Å²) in [5.74, 6) is 0.406. The lowest BCUT2D eigenvalue weighted by Crippen LogP contribution is -2.08. The van der Waals surface area contributed by atoms with Gasteiger partial charge in [-0.2, -0.15) is 0 Å². The molecule has 5 rings (SSSR count). The standard InChI is InChI=1S/C24H16Cl3N5O4/c1-35-20-6-11(23-28-17-8-14(26)15(27)9-18(17)29-23)2-5-19(20)36-10-21(33)31-32-22-13-7-12(25)3-4-16(13)30-24(22)34/h2-9,30,34H,10H2,1H3,(H,28,29). The summed E-state index contributed by atoms with van der Waals surface area (Å²) in [7, 11) is 1.48. The Morgan fingerprint density at radius 2 is 1.81 bits per heavy atom. The first-order chi connectivity index (χ1) is 17.3. The second-order valence-electron chi connectivity index (χ2n) is 7.63. The fraction of sp³-hybridized carbons (Fsp3) is 0.0833. The number of carbonyl (C=O) groups excluding carboxylic acids is 1. The first kappa shape index (κ1) is 23.9. The highest BCUT2D eigenvalue weighted by atomic mass is 35.5. The van der Waals surface area contributed by atoms with E-state index in [0.29, 0.717) is 48.8 Å². The van der Waals surface area contributed by atoms with Crippen LogP contribution in [0.2, 0.25) is 15.1 Å². The minimum atomic E-state index is -0.664. The van der Waals surface area contributed by atoms with Gasteiger partial charge in [0.1, 0.15) is 5.82 Å². The van der Waals surface area contributed by atoms with E-state index in [1.165, 1.54) is 7.11 Å². The van der Waals surface area contributed by atoms with E-state index < -0.39 is 12.5 Å². The molecule has 0 fully saturated rings. The second kappa shape index (κ2) is 9.69. The monoisotopic (exact) mass is 543 g/mol. The predicted octanol–water partition coefficient (Wildman–Crippen LogP) is 7.07. The number of amides is 1. The number of ether oxygens (including phenoxy) is 2. The number of hydrogen-bond donors (Lipinski definition) is 3. The topological polar surface area (TPSA) is 125 Å². The number of nitrogens with zero attached hydrogens (tertiary/aromatic N) is 3. The van der Waals surface area contributed by atoms with Crippen molar-refractivity contribution in [2.24, 2.45) is 10.2 Å². The number of aromatic amines is 2. The minimum absolute atomic E-state index is 0.108. The maximum atomic E-state index is 12.3. The second-order valence-corrected chi connectivity index (χ2v) is 8.88. The number of fused-ring (bicyclic) bond motifs is 2. The van der Waals surface area contributed by atoms with Crippen LogP contribution in [0.3, 0.4) is 0 Å². The molecule has 9 nitrogen and oxygen atoms in total. The van der Waals surface area contributed by atoms with E-state index in [9.17, 15) is 9.90 Å². The van der Waals surface area contributed by atoms with Gasteiger partial charge in [0, 0.05) is 16.0 Å². The zero-order valence-corrected chi connectivity index (χ0v) is 20.7. The van der Waals surface area contributed by atoms with Crippen molar-refractivity contribution in [2.75, 3.05) is 13.7 Å². The summed E-state index contributed by atoms with van der Waals surface area (Å²) in [5, 5.41) is 19.4. The molecule has 1 amide bonds. The summed E-state index contributed by atoms with van der Waals surface area (Å²) in [4.78, 5) is 22.8. The van der Waals surface area contributed by atoms with Gasteiger partial charge in [-0.3, -0.25) is 4.79 Å². The summed E-state index contributed by atoms with van der Waals surface area (Å²) in [5.41, 5.74) is 2.84. The largest absolute Gasteiger partial charge is 0.493 e. The fourth-order valence-corrected chi connectivity index (χ4v) is 4.08. The molecule has 0 saturated carbocycles. The SMILES string of the molecule is COc1cc(-c2nc3cc(Cl)c(Cl)cc3[nH]2)ccc1OCC(=O)N=Nc1c(O)[nH]c2ccc(Cl)cc12. The van der Waals surface area contributed by atoms with E-state index >= 15 is 0 Å². The smallest absolute Gasteiger partial charge is 0.302 e. The zero-order valence-electron chi connectivity index (χ0n) is 18.5. The number of methoxy groups -OCH3 is 1. The van der Waals surface area contributed by atoms with E-state index in [2.05, 4.69) is 25.2 Å². The van der Waals surface area contributed by atoms with Gasteiger partial charge >= 0.3 is 5.91 Å². The number of nitrogens with one attached hydrogen (secondary N) is 2. The lowest BCUT2D eigenvalue weighted by Gasteiger charge is -2.10. The highest BCUT2D eigenvalue weighted by Crippen LogP contribution is 2.37. The molecule has 0 radical (unpaired) electrons. The first-order valence-corrected chi connectivity index (χ1v) is 11.6.